The predicted octanol–water partition coefficient (Wildman–Crippen LogP) is 2.34. The number of ether oxygens (including phenoxy) is 1. The van der Waals surface area contributed by atoms with E-state index >= 15 is 0 Å². The summed E-state index contributed by atoms with van der Waals surface area (Å²) in [4.78, 5) is 63.1. The maximum Gasteiger partial charge on any atom is 0.328 e. The zero-order valence-electron chi connectivity index (χ0n) is 23.3. The number of amides is 3. The van der Waals surface area contributed by atoms with E-state index in [0.717, 1.165) is 32.1 Å². The Morgan fingerprint density at radius 3 is 2.34 bits per heavy atom. The molecule has 1 aliphatic heterocycles. The largest absolute Gasteiger partial charge is 0.467 e. The fraction of sp³-hybridized carbons (Fsp3) is 0.714. The summed E-state index contributed by atoms with van der Waals surface area (Å²) >= 11 is 0. The van der Waals surface area contributed by atoms with Gasteiger partial charge < -0.3 is 20.3 Å². The monoisotopic (exact) mass is 527 g/mol. The molecule has 1 aromatic heterocycles. The predicted molar refractivity (Wildman–Crippen MR) is 140 cm³/mol. The molecule has 4 rings (SSSR count). The van der Waals surface area contributed by atoms with Crippen molar-refractivity contribution in [2.24, 2.45) is 28.6 Å². The molecule has 0 radical (unpaired) electrons. The van der Waals surface area contributed by atoms with Gasteiger partial charge in [-0.3, -0.25) is 19.4 Å². The van der Waals surface area contributed by atoms with Crippen LogP contribution in [0.3, 0.4) is 0 Å². The summed E-state index contributed by atoms with van der Waals surface area (Å²) in [6.45, 7) is 10.3. The SMILES string of the molecule is COC(=O)[C@@H]1C2C(CN1C(=O)[C@@H](NC(=O)[C@@H](NC(=O)c1cnccn1)C1CCCCC1)C(C)(C)C)C2(C)C. The Hall–Kier alpha value is -3.04. The fourth-order valence-corrected chi connectivity index (χ4v) is 6.45. The molecule has 2 N–H and O–H groups in total. The lowest BCUT2D eigenvalue weighted by atomic mass is 9.82. The zero-order valence-corrected chi connectivity index (χ0v) is 23.3. The Kier molecular flexibility index (Phi) is 7.81. The minimum atomic E-state index is -0.887. The molecule has 5 atom stereocenters. The van der Waals surface area contributed by atoms with Crippen molar-refractivity contribution in [3.8, 4) is 0 Å². The highest BCUT2D eigenvalue weighted by molar-refractivity contribution is 5.98. The van der Waals surface area contributed by atoms with Crippen molar-refractivity contribution in [2.45, 2.75) is 84.8 Å². The van der Waals surface area contributed by atoms with Crippen LogP contribution >= 0.6 is 0 Å². The van der Waals surface area contributed by atoms with Crippen LogP contribution in [0.5, 0.6) is 0 Å². The molecule has 0 bridgehead atoms. The van der Waals surface area contributed by atoms with Crippen molar-refractivity contribution >= 4 is 23.7 Å². The highest BCUT2D eigenvalue weighted by Gasteiger charge is 2.70. The summed E-state index contributed by atoms with van der Waals surface area (Å²) in [6, 6.07) is -2.37. The second kappa shape index (κ2) is 10.6. The van der Waals surface area contributed by atoms with Gasteiger partial charge in [0.05, 0.1) is 13.3 Å². The highest BCUT2D eigenvalue weighted by atomic mass is 16.5. The maximum atomic E-state index is 14.0. The highest BCUT2D eigenvalue weighted by Crippen LogP contribution is 2.65. The van der Waals surface area contributed by atoms with Crippen LogP contribution in [-0.2, 0) is 19.1 Å². The Morgan fingerprint density at radius 1 is 1.08 bits per heavy atom. The van der Waals surface area contributed by atoms with E-state index in [9.17, 15) is 19.2 Å². The van der Waals surface area contributed by atoms with Crippen LogP contribution in [0, 0.1) is 28.6 Å². The van der Waals surface area contributed by atoms with Crippen molar-refractivity contribution in [3.05, 3.63) is 24.3 Å². The van der Waals surface area contributed by atoms with Gasteiger partial charge in [-0.15, -0.1) is 0 Å². The van der Waals surface area contributed by atoms with E-state index in [-0.39, 0.29) is 34.8 Å². The molecular formula is C28H41N5O5. The van der Waals surface area contributed by atoms with Gasteiger partial charge in [0.25, 0.3) is 5.91 Å². The van der Waals surface area contributed by atoms with Crippen molar-refractivity contribution in [3.63, 3.8) is 0 Å². The third-order valence-corrected chi connectivity index (χ3v) is 8.82. The number of fused-ring (bicyclic) bond motifs is 1. The Labute approximate surface area is 224 Å². The van der Waals surface area contributed by atoms with Gasteiger partial charge >= 0.3 is 5.97 Å². The van der Waals surface area contributed by atoms with Gasteiger partial charge in [-0.1, -0.05) is 53.9 Å². The number of aromatic nitrogens is 2. The van der Waals surface area contributed by atoms with Crippen LogP contribution in [0.4, 0.5) is 0 Å². The number of carbonyl (C=O) groups excluding carboxylic acids is 4. The summed E-state index contributed by atoms with van der Waals surface area (Å²) in [5, 5.41) is 5.86. The number of likely N-dealkylation sites (tertiary alicyclic amines) is 1. The lowest BCUT2D eigenvalue weighted by Crippen LogP contribution is -2.61. The smallest absolute Gasteiger partial charge is 0.328 e. The van der Waals surface area contributed by atoms with E-state index in [1.54, 1.807) is 4.90 Å². The summed E-state index contributed by atoms with van der Waals surface area (Å²) in [7, 11) is 1.34. The average molecular weight is 528 g/mol. The lowest BCUT2D eigenvalue weighted by Gasteiger charge is -2.38. The number of piperidine rings is 1. The van der Waals surface area contributed by atoms with Crippen LogP contribution in [0.25, 0.3) is 0 Å². The number of methoxy groups -OCH3 is 1. The van der Waals surface area contributed by atoms with Gasteiger partial charge in [0, 0.05) is 24.9 Å². The van der Waals surface area contributed by atoms with Crippen LogP contribution in [0.2, 0.25) is 0 Å². The van der Waals surface area contributed by atoms with Gasteiger partial charge in [0.2, 0.25) is 11.8 Å². The third kappa shape index (κ3) is 5.40. The number of carbonyl (C=O) groups is 4. The molecule has 2 unspecified atom stereocenters. The van der Waals surface area contributed by atoms with Crippen LogP contribution in [0.15, 0.2) is 18.6 Å². The lowest BCUT2D eigenvalue weighted by molar-refractivity contribution is -0.155. The molecule has 208 valence electrons. The summed E-state index contributed by atoms with van der Waals surface area (Å²) in [6.07, 6.45) is 8.93. The van der Waals surface area contributed by atoms with Crippen molar-refractivity contribution in [1.29, 1.82) is 0 Å². The molecule has 3 amide bonds. The molecule has 1 aromatic rings. The quantitative estimate of drug-likeness (QED) is 0.521. The normalized spacial score (nSPS) is 26.1. The van der Waals surface area contributed by atoms with E-state index in [2.05, 4.69) is 34.4 Å². The number of nitrogens with one attached hydrogen (secondary N) is 2. The molecule has 3 fully saturated rings. The van der Waals surface area contributed by atoms with Crippen molar-refractivity contribution < 1.29 is 23.9 Å². The Bertz CT molecular complexity index is 1060. The molecule has 2 saturated carbocycles. The van der Waals surface area contributed by atoms with Gasteiger partial charge in [0.15, 0.2) is 0 Å². The standard InChI is InChI=1S/C28H41N5O5/c1-27(2,3)22(25(36)33-15-17-19(28(17,4)5)21(33)26(37)38-6)32-24(35)20(16-10-8-7-9-11-16)31-23(34)18-14-29-12-13-30-18/h12-14,16-17,19-22H,7-11,15H2,1-6H3,(H,31,34)(H,32,35)/t17?,19?,20-,21-,22+/m0/s1. The van der Waals surface area contributed by atoms with Gasteiger partial charge in [-0.05, 0) is 35.5 Å². The van der Waals surface area contributed by atoms with Crippen LogP contribution in [0.1, 0.15) is 77.2 Å². The summed E-state index contributed by atoms with van der Waals surface area (Å²) < 4.78 is 5.08. The first-order chi connectivity index (χ1) is 17.9. The van der Waals surface area contributed by atoms with Gasteiger partial charge in [0.1, 0.15) is 23.8 Å². The van der Waals surface area contributed by atoms with E-state index in [0.29, 0.717) is 6.54 Å². The Balaban J connectivity index is 1.56. The molecule has 3 aliphatic rings. The number of hydrogen-bond donors (Lipinski definition) is 2. The first-order valence-corrected chi connectivity index (χ1v) is 13.6. The van der Waals surface area contributed by atoms with Crippen molar-refractivity contribution in [1.82, 2.24) is 25.5 Å². The molecule has 10 nitrogen and oxygen atoms in total. The first-order valence-electron chi connectivity index (χ1n) is 13.6. The second-order valence-corrected chi connectivity index (χ2v) is 12.7. The number of hydrogen-bond acceptors (Lipinski definition) is 7. The Morgan fingerprint density at radius 2 is 1.76 bits per heavy atom. The molecule has 1 saturated heterocycles. The number of rotatable bonds is 7. The van der Waals surface area contributed by atoms with Gasteiger partial charge in [-0.2, -0.15) is 0 Å². The van der Waals surface area contributed by atoms with Crippen LogP contribution in [-0.4, -0.2) is 70.3 Å². The minimum Gasteiger partial charge on any atom is -0.467 e. The zero-order chi connectivity index (χ0) is 27.8. The maximum absolute atomic E-state index is 14.0. The second-order valence-electron chi connectivity index (χ2n) is 12.7. The molecular weight excluding hydrogens is 486 g/mol. The van der Waals surface area contributed by atoms with E-state index in [1.165, 1.54) is 25.7 Å². The fourth-order valence-electron chi connectivity index (χ4n) is 6.45. The molecule has 38 heavy (non-hydrogen) atoms. The number of esters is 1. The van der Waals surface area contributed by atoms with Gasteiger partial charge in [-0.25, -0.2) is 9.78 Å². The topological polar surface area (TPSA) is 131 Å². The summed E-state index contributed by atoms with van der Waals surface area (Å²) in [5.41, 5.74) is -0.543. The van der Waals surface area contributed by atoms with E-state index in [1.807, 2.05) is 20.8 Å². The third-order valence-electron chi connectivity index (χ3n) is 8.82. The minimum absolute atomic E-state index is 0.0349. The molecule has 10 heteroatoms. The van der Waals surface area contributed by atoms with E-state index < -0.39 is 41.3 Å². The van der Waals surface area contributed by atoms with Crippen molar-refractivity contribution in [2.75, 3.05) is 13.7 Å². The molecule has 0 aromatic carbocycles. The molecule has 2 aliphatic carbocycles. The molecule has 0 spiro atoms. The van der Waals surface area contributed by atoms with E-state index in [4.69, 9.17) is 4.74 Å². The first kappa shape index (κ1) is 28.0. The number of nitrogens with zero attached hydrogens (tertiary/aromatic N) is 3. The summed E-state index contributed by atoms with van der Waals surface area (Å²) in [5.74, 6) is -1.40. The molecule has 2 heterocycles. The average Bonchev–Trinajstić information content (AvgIpc) is 3.22. The van der Waals surface area contributed by atoms with Crippen LogP contribution < -0.4 is 10.6 Å².